The van der Waals surface area contributed by atoms with Gasteiger partial charge in [0, 0.05) is 38.3 Å². The van der Waals surface area contributed by atoms with Gasteiger partial charge in [0.2, 0.25) is 0 Å². The molecule has 1 aromatic rings. The molecule has 0 bridgehead atoms. The van der Waals surface area contributed by atoms with Crippen LogP contribution in [0.3, 0.4) is 0 Å². The number of nitrogens with one attached hydrogen (secondary N) is 1. The number of amides is 3. The first-order valence-electron chi connectivity index (χ1n) is 9.25. The van der Waals surface area contributed by atoms with Crippen LogP contribution >= 0.6 is 0 Å². The fraction of sp³-hybridized carbons (Fsp3) is 0.526. The van der Waals surface area contributed by atoms with Crippen LogP contribution in [0.25, 0.3) is 0 Å². The highest BCUT2D eigenvalue weighted by atomic mass is 16.6. The molecule has 2 rings (SSSR count). The van der Waals surface area contributed by atoms with Crippen LogP contribution in [0.4, 0.5) is 9.59 Å². The summed E-state index contributed by atoms with van der Waals surface area (Å²) in [6, 6.07) is 6.68. The van der Waals surface area contributed by atoms with Gasteiger partial charge in [0.05, 0.1) is 6.21 Å². The van der Waals surface area contributed by atoms with Crippen LogP contribution in [0.2, 0.25) is 0 Å². The number of carbonyl (C=O) groups excluding carboxylic acids is 2. The summed E-state index contributed by atoms with van der Waals surface area (Å²) in [4.78, 5) is 26.8. The molecule has 28 heavy (non-hydrogen) atoms. The van der Waals surface area contributed by atoms with E-state index < -0.39 is 11.6 Å². The number of hydrogen-bond donors (Lipinski definition) is 2. The van der Waals surface area contributed by atoms with Gasteiger partial charge in [-0.3, -0.25) is 4.90 Å². The van der Waals surface area contributed by atoms with E-state index >= 15 is 0 Å². The van der Waals surface area contributed by atoms with E-state index in [1.165, 1.54) is 6.21 Å². The summed E-state index contributed by atoms with van der Waals surface area (Å²) in [5.41, 5.74) is 7.40. The number of primary amides is 1. The molecule has 9 heteroatoms. The molecule has 0 spiro atoms. The number of ether oxygens (including phenoxy) is 2. The molecule has 1 aliphatic heterocycles. The number of para-hydroxylation sites is 1. The molecule has 0 unspecified atom stereocenters. The number of hydrogen-bond acceptors (Lipinski definition) is 6. The second-order valence-electron chi connectivity index (χ2n) is 7.43. The molecule has 1 heterocycles. The Balaban J connectivity index is 1.76. The minimum Gasteiger partial charge on any atom is -0.492 e. The minimum atomic E-state index is -0.722. The monoisotopic (exact) mass is 391 g/mol. The predicted octanol–water partition coefficient (Wildman–Crippen LogP) is 1.62. The summed E-state index contributed by atoms with van der Waals surface area (Å²) in [6.45, 7) is 9.66. The van der Waals surface area contributed by atoms with Crippen molar-refractivity contribution in [1.29, 1.82) is 0 Å². The molecule has 0 aromatic heterocycles. The maximum Gasteiger partial charge on any atom is 0.410 e. The normalized spacial score (nSPS) is 15.5. The van der Waals surface area contributed by atoms with Crippen LogP contribution in [0.5, 0.6) is 5.75 Å². The molecule has 0 atom stereocenters. The molecule has 1 saturated heterocycles. The molecular weight excluding hydrogens is 362 g/mol. The van der Waals surface area contributed by atoms with Gasteiger partial charge >= 0.3 is 12.1 Å². The lowest BCUT2D eigenvalue weighted by Gasteiger charge is -2.35. The Hall–Kier alpha value is -2.81. The van der Waals surface area contributed by atoms with Crippen molar-refractivity contribution in [3.05, 3.63) is 29.8 Å². The number of carbonyl (C=O) groups is 2. The molecule has 1 fully saturated rings. The van der Waals surface area contributed by atoms with Crippen molar-refractivity contribution in [3.63, 3.8) is 0 Å². The summed E-state index contributed by atoms with van der Waals surface area (Å²) in [5, 5.41) is 3.76. The molecule has 3 amide bonds. The fourth-order valence-electron chi connectivity index (χ4n) is 2.65. The van der Waals surface area contributed by atoms with Crippen molar-refractivity contribution in [3.8, 4) is 5.75 Å². The van der Waals surface area contributed by atoms with E-state index in [0.717, 1.165) is 25.2 Å². The quantitative estimate of drug-likeness (QED) is 0.566. The van der Waals surface area contributed by atoms with E-state index in [1.54, 1.807) is 4.90 Å². The molecule has 3 N–H and O–H groups in total. The third kappa shape index (κ3) is 7.43. The fourth-order valence-corrected chi connectivity index (χ4v) is 2.65. The van der Waals surface area contributed by atoms with E-state index in [-0.39, 0.29) is 6.09 Å². The predicted molar refractivity (Wildman–Crippen MR) is 106 cm³/mol. The highest BCUT2D eigenvalue weighted by Gasteiger charge is 2.25. The Morgan fingerprint density at radius 2 is 1.89 bits per heavy atom. The van der Waals surface area contributed by atoms with Crippen LogP contribution in [0.1, 0.15) is 26.3 Å². The first kappa shape index (κ1) is 21.5. The number of nitrogens with zero attached hydrogens (tertiary/aromatic N) is 3. The van der Waals surface area contributed by atoms with Crippen molar-refractivity contribution in [2.45, 2.75) is 26.4 Å². The van der Waals surface area contributed by atoms with E-state index in [2.05, 4.69) is 15.4 Å². The highest BCUT2D eigenvalue weighted by molar-refractivity contribution is 5.84. The van der Waals surface area contributed by atoms with Gasteiger partial charge in [0.1, 0.15) is 18.0 Å². The summed E-state index contributed by atoms with van der Waals surface area (Å²) in [5.74, 6) is 0.671. The second kappa shape index (κ2) is 9.93. The van der Waals surface area contributed by atoms with Crippen molar-refractivity contribution in [2.75, 3.05) is 39.3 Å². The maximum absolute atomic E-state index is 12.1. The van der Waals surface area contributed by atoms with Gasteiger partial charge < -0.3 is 20.1 Å². The van der Waals surface area contributed by atoms with E-state index in [4.69, 9.17) is 15.2 Å². The van der Waals surface area contributed by atoms with Gasteiger partial charge in [0.15, 0.2) is 0 Å². The topological polar surface area (TPSA) is 109 Å². The van der Waals surface area contributed by atoms with Gasteiger partial charge in [-0.25, -0.2) is 15.0 Å². The van der Waals surface area contributed by atoms with Crippen molar-refractivity contribution < 1.29 is 19.1 Å². The number of benzene rings is 1. The summed E-state index contributed by atoms with van der Waals surface area (Å²) < 4.78 is 11.3. The lowest BCUT2D eigenvalue weighted by molar-refractivity contribution is 0.0137. The van der Waals surface area contributed by atoms with E-state index in [9.17, 15) is 9.59 Å². The maximum atomic E-state index is 12.1. The van der Waals surface area contributed by atoms with E-state index in [0.29, 0.717) is 25.4 Å². The molecule has 0 aliphatic carbocycles. The summed E-state index contributed by atoms with van der Waals surface area (Å²) in [7, 11) is 0. The SMILES string of the molecule is CC(C)(C)OC(=O)N1CCN(CCOc2ccccc2C=NNC(N)=O)CC1. The third-order valence-electron chi connectivity index (χ3n) is 3.99. The number of rotatable bonds is 6. The molecule has 9 nitrogen and oxygen atoms in total. The number of nitrogens with two attached hydrogens (primary N) is 1. The average Bonchev–Trinajstić information content (AvgIpc) is 2.62. The van der Waals surface area contributed by atoms with Gasteiger partial charge in [-0.2, -0.15) is 5.10 Å². The highest BCUT2D eigenvalue weighted by Crippen LogP contribution is 2.16. The molecule has 154 valence electrons. The van der Waals surface area contributed by atoms with E-state index in [1.807, 2.05) is 45.0 Å². The minimum absolute atomic E-state index is 0.263. The van der Waals surface area contributed by atoms with Crippen LogP contribution in [0.15, 0.2) is 29.4 Å². The number of urea groups is 1. The molecular formula is C19H29N5O4. The van der Waals surface area contributed by atoms with Gasteiger partial charge in [-0.1, -0.05) is 12.1 Å². The zero-order valence-corrected chi connectivity index (χ0v) is 16.7. The largest absolute Gasteiger partial charge is 0.492 e. The summed E-state index contributed by atoms with van der Waals surface area (Å²) in [6.07, 6.45) is 1.22. The zero-order chi connectivity index (χ0) is 20.6. The molecule has 0 saturated carbocycles. The Morgan fingerprint density at radius 1 is 1.21 bits per heavy atom. The standard InChI is InChI=1S/C19H29N5O4/c1-19(2,3)28-18(26)24-10-8-23(9-11-24)12-13-27-16-7-5-4-6-15(16)14-21-22-17(20)25/h4-7,14H,8-13H2,1-3H3,(H3,20,22,25). The molecule has 0 radical (unpaired) electrons. The number of piperazine rings is 1. The first-order valence-corrected chi connectivity index (χ1v) is 9.25. The van der Waals surface area contributed by atoms with Gasteiger partial charge in [-0.05, 0) is 32.9 Å². The van der Waals surface area contributed by atoms with Crippen LogP contribution in [-0.2, 0) is 4.74 Å². The van der Waals surface area contributed by atoms with Crippen molar-refractivity contribution in [2.24, 2.45) is 10.8 Å². The average molecular weight is 391 g/mol. The van der Waals surface area contributed by atoms with Gasteiger partial charge in [-0.15, -0.1) is 0 Å². The van der Waals surface area contributed by atoms with Gasteiger partial charge in [0.25, 0.3) is 0 Å². The van der Waals surface area contributed by atoms with Crippen LogP contribution < -0.4 is 15.9 Å². The Bertz CT molecular complexity index is 694. The zero-order valence-electron chi connectivity index (χ0n) is 16.7. The second-order valence-corrected chi connectivity index (χ2v) is 7.43. The Labute approximate surface area is 165 Å². The van der Waals surface area contributed by atoms with Crippen molar-refractivity contribution >= 4 is 18.3 Å². The Morgan fingerprint density at radius 3 is 2.54 bits per heavy atom. The summed E-state index contributed by atoms with van der Waals surface area (Å²) >= 11 is 0. The van der Waals surface area contributed by atoms with Crippen LogP contribution in [-0.4, -0.2) is 73.1 Å². The molecule has 1 aliphatic rings. The lowest BCUT2D eigenvalue weighted by atomic mass is 10.2. The van der Waals surface area contributed by atoms with Crippen molar-refractivity contribution in [1.82, 2.24) is 15.2 Å². The lowest BCUT2D eigenvalue weighted by Crippen LogP contribution is -2.50. The first-order chi connectivity index (χ1) is 13.2. The smallest absolute Gasteiger partial charge is 0.410 e. The molecule has 1 aromatic carbocycles. The number of hydrazone groups is 1. The third-order valence-corrected chi connectivity index (χ3v) is 3.99. The van der Waals surface area contributed by atoms with Crippen LogP contribution in [0, 0.1) is 0 Å². The Kier molecular flexibility index (Phi) is 7.62.